The Morgan fingerprint density at radius 3 is 2.83 bits per heavy atom. The van der Waals surface area contributed by atoms with Crippen molar-refractivity contribution in [1.82, 2.24) is 14.5 Å². The van der Waals surface area contributed by atoms with Gasteiger partial charge in [0.1, 0.15) is 11.5 Å². The van der Waals surface area contributed by atoms with Gasteiger partial charge in [-0.2, -0.15) is 0 Å². The van der Waals surface area contributed by atoms with Crippen molar-refractivity contribution >= 4 is 45.9 Å². The highest BCUT2D eigenvalue weighted by Gasteiger charge is 2.32. The van der Waals surface area contributed by atoms with Gasteiger partial charge >= 0.3 is 0 Å². The molecule has 1 aliphatic heterocycles. The predicted octanol–water partition coefficient (Wildman–Crippen LogP) is 5.95. The van der Waals surface area contributed by atoms with Crippen LogP contribution in [0.4, 0.5) is 0 Å². The van der Waals surface area contributed by atoms with Crippen LogP contribution in [0.2, 0.25) is 0 Å². The first-order valence-corrected chi connectivity index (χ1v) is 15.3. The summed E-state index contributed by atoms with van der Waals surface area (Å²) in [6.07, 6.45) is 3.56. The molecule has 3 aromatic carbocycles. The molecule has 0 bridgehead atoms. The van der Waals surface area contributed by atoms with Gasteiger partial charge < -0.3 is 14.1 Å². The fourth-order valence-corrected chi connectivity index (χ4v) is 7.55. The zero-order valence-corrected chi connectivity index (χ0v) is 24.2. The van der Waals surface area contributed by atoms with Crippen molar-refractivity contribution < 1.29 is 9.15 Å². The molecule has 0 unspecified atom stereocenters. The van der Waals surface area contributed by atoms with Crippen molar-refractivity contribution in [2.75, 3.05) is 7.11 Å². The molecule has 3 aromatic heterocycles. The minimum atomic E-state index is -0.266. The van der Waals surface area contributed by atoms with E-state index in [0.717, 1.165) is 57.2 Å². The van der Waals surface area contributed by atoms with E-state index in [1.807, 2.05) is 65.2 Å². The third-order valence-electron chi connectivity index (χ3n) is 7.72. The zero-order valence-electron chi connectivity index (χ0n) is 22.5. The summed E-state index contributed by atoms with van der Waals surface area (Å²) in [5.74, 6) is 1.36. The molecule has 1 aliphatic carbocycles. The van der Waals surface area contributed by atoms with Gasteiger partial charge in [-0.3, -0.25) is 9.36 Å². The molecule has 2 aliphatic rings. The Bertz CT molecular complexity index is 2190. The summed E-state index contributed by atoms with van der Waals surface area (Å²) >= 11 is 2.80. The van der Waals surface area contributed by atoms with Gasteiger partial charge in [-0.25, -0.2) is 9.98 Å². The molecule has 0 saturated heterocycles. The van der Waals surface area contributed by atoms with E-state index in [2.05, 4.69) is 40.3 Å². The number of nitrogens with zero attached hydrogens (tertiary/aromatic N) is 3. The van der Waals surface area contributed by atoms with Crippen LogP contribution in [0.1, 0.15) is 34.9 Å². The molecular weight excluding hydrogens is 565 g/mol. The Labute approximate surface area is 248 Å². The number of fused-ring (bicyclic) bond motifs is 4. The van der Waals surface area contributed by atoms with Gasteiger partial charge in [0.25, 0.3) is 5.56 Å². The number of aromatic amines is 1. The molecule has 0 spiro atoms. The molecule has 0 fully saturated rings. The number of methoxy groups -OCH3 is 1. The lowest BCUT2D eigenvalue weighted by Gasteiger charge is -2.31. The largest absolute Gasteiger partial charge is 0.497 e. The standard InChI is InChI=1S/C33H24N4O3S2/c1-39-21-9-6-8-20(17-21)30-24-15-13-19-7-2-3-10-23(19)29(24)36-33-37(30)31(38)27(41-33)18-22-14-16-28(40-22)42-32-34-25-11-4-5-12-26(25)35-32/h2-12,14,16-18,30H,13,15H2,1H3,(H,34,35)/b27-18-/t30-/m0/s1. The summed E-state index contributed by atoms with van der Waals surface area (Å²) in [5, 5.41) is 1.44. The second-order valence-corrected chi connectivity index (χ2v) is 12.2. The van der Waals surface area contributed by atoms with Gasteiger partial charge in [0.15, 0.2) is 15.1 Å². The van der Waals surface area contributed by atoms with Crippen LogP contribution < -0.4 is 19.6 Å². The number of rotatable bonds is 5. The number of imidazole rings is 1. The van der Waals surface area contributed by atoms with Crippen molar-refractivity contribution in [2.45, 2.75) is 29.1 Å². The third kappa shape index (κ3) is 4.24. The topological polar surface area (TPSA) is 85.4 Å². The number of hydrogen-bond acceptors (Lipinski definition) is 7. The van der Waals surface area contributed by atoms with Gasteiger partial charge in [-0.15, -0.1) is 0 Å². The fraction of sp³-hybridized carbons (Fsp3) is 0.121. The van der Waals surface area contributed by atoms with Crippen molar-refractivity contribution in [3.05, 3.63) is 133 Å². The van der Waals surface area contributed by atoms with Crippen LogP contribution in [0.3, 0.4) is 0 Å². The number of aryl methyl sites for hydroxylation is 1. The molecular formula is C33H24N4O3S2. The average molecular weight is 589 g/mol. The number of benzene rings is 3. The Morgan fingerprint density at radius 1 is 1.05 bits per heavy atom. The van der Waals surface area contributed by atoms with Gasteiger partial charge in [0, 0.05) is 11.6 Å². The van der Waals surface area contributed by atoms with Gasteiger partial charge in [-0.1, -0.05) is 59.9 Å². The molecule has 42 heavy (non-hydrogen) atoms. The van der Waals surface area contributed by atoms with E-state index in [1.165, 1.54) is 28.7 Å². The SMILES string of the molecule is COc1cccc([C@H]2C3=C(N=c4s/c(=C\c5ccc(Sc6nc7ccccc7[nH]6)o5)c(=O)n42)c2ccccc2CC3)c1. The van der Waals surface area contributed by atoms with Gasteiger partial charge in [0.05, 0.1) is 34.4 Å². The number of ether oxygens (including phenoxy) is 1. The van der Waals surface area contributed by atoms with E-state index >= 15 is 0 Å². The quantitative estimate of drug-likeness (QED) is 0.269. The molecule has 7 nitrogen and oxygen atoms in total. The van der Waals surface area contributed by atoms with E-state index in [9.17, 15) is 4.79 Å². The van der Waals surface area contributed by atoms with E-state index in [4.69, 9.17) is 14.1 Å². The summed E-state index contributed by atoms with van der Waals surface area (Å²) < 4.78 is 14.1. The Balaban J connectivity index is 1.23. The summed E-state index contributed by atoms with van der Waals surface area (Å²) in [7, 11) is 1.66. The normalized spacial score (nSPS) is 16.2. The molecule has 206 valence electrons. The van der Waals surface area contributed by atoms with Crippen molar-refractivity contribution in [3.63, 3.8) is 0 Å². The number of thiazole rings is 1. The lowest BCUT2D eigenvalue weighted by molar-refractivity contribution is 0.413. The first kappa shape index (κ1) is 25.1. The Hall–Kier alpha value is -4.60. The zero-order chi connectivity index (χ0) is 28.2. The smallest absolute Gasteiger partial charge is 0.271 e. The van der Waals surface area contributed by atoms with Gasteiger partial charge in [0.2, 0.25) is 0 Å². The second-order valence-electron chi connectivity index (χ2n) is 10.2. The van der Waals surface area contributed by atoms with Crippen LogP contribution in [-0.2, 0) is 6.42 Å². The van der Waals surface area contributed by atoms with Crippen molar-refractivity contribution in [2.24, 2.45) is 4.99 Å². The molecule has 1 atom stereocenters. The number of aromatic nitrogens is 3. The predicted molar refractivity (Wildman–Crippen MR) is 165 cm³/mol. The molecule has 0 radical (unpaired) electrons. The summed E-state index contributed by atoms with van der Waals surface area (Å²) in [6.45, 7) is 0. The highest BCUT2D eigenvalue weighted by atomic mass is 32.2. The summed E-state index contributed by atoms with van der Waals surface area (Å²) in [6, 6.07) is 27.8. The van der Waals surface area contributed by atoms with E-state index in [1.54, 1.807) is 7.11 Å². The number of H-pyrrole nitrogens is 1. The third-order valence-corrected chi connectivity index (χ3v) is 9.51. The summed E-state index contributed by atoms with van der Waals surface area (Å²) in [4.78, 5) is 27.7. The van der Waals surface area contributed by atoms with Crippen molar-refractivity contribution in [1.29, 1.82) is 0 Å². The number of para-hydroxylation sites is 2. The van der Waals surface area contributed by atoms with Crippen LogP contribution in [0.25, 0.3) is 22.8 Å². The fourth-order valence-electron chi connectivity index (χ4n) is 5.80. The monoisotopic (exact) mass is 588 g/mol. The first-order valence-electron chi connectivity index (χ1n) is 13.6. The maximum absolute atomic E-state index is 14.0. The molecule has 8 rings (SSSR count). The van der Waals surface area contributed by atoms with Crippen LogP contribution in [0, 0.1) is 0 Å². The highest BCUT2D eigenvalue weighted by molar-refractivity contribution is 7.99. The maximum atomic E-state index is 14.0. The highest BCUT2D eigenvalue weighted by Crippen LogP contribution is 2.41. The lowest BCUT2D eigenvalue weighted by Crippen LogP contribution is -2.38. The van der Waals surface area contributed by atoms with E-state index < -0.39 is 0 Å². The number of furan rings is 1. The molecule has 4 heterocycles. The van der Waals surface area contributed by atoms with Crippen molar-refractivity contribution in [3.8, 4) is 5.75 Å². The number of allylic oxidation sites excluding steroid dienone is 1. The molecule has 0 amide bonds. The minimum absolute atomic E-state index is 0.0835. The maximum Gasteiger partial charge on any atom is 0.271 e. The molecule has 6 aromatic rings. The van der Waals surface area contributed by atoms with E-state index in [0.29, 0.717) is 20.2 Å². The lowest BCUT2D eigenvalue weighted by atomic mass is 9.83. The Morgan fingerprint density at radius 2 is 1.93 bits per heavy atom. The first-order chi connectivity index (χ1) is 20.6. The van der Waals surface area contributed by atoms with E-state index in [-0.39, 0.29) is 11.6 Å². The van der Waals surface area contributed by atoms with Crippen LogP contribution in [-0.4, -0.2) is 21.6 Å². The summed E-state index contributed by atoms with van der Waals surface area (Å²) in [5.41, 5.74) is 7.36. The molecule has 0 saturated carbocycles. The molecule has 1 N–H and O–H groups in total. The number of hydrogen-bond donors (Lipinski definition) is 1. The minimum Gasteiger partial charge on any atom is -0.497 e. The average Bonchev–Trinajstić information content (AvgIpc) is 3.73. The Kier molecular flexibility index (Phi) is 6.01. The second kappa shape index (κ2) is 10.0. The van der Waals surface area contributed by atoms with Crippen LogP contribution in [0.15, 0.2) is 115 Å². The van der Waals surface area contributed by atoms with Crippen LogP contribution in [0.5, 0.6) is 5.75 Å². The van der Waals surface area contributed by atoms with Gasteiger partial charge in [-0.05, 0) is 77.7 Å². The number of nitrogens with one attached hydrogen (secondary N) is 1. The molecule has 9 heteroatoms. The van der Waals surface area contributed by atoms with Crippen LogP contribution >= 0.6 is 23.1 Å².